The molecule has 2 rings (SSSR count). The summed E-state index contributed by atoms with van der Waals surface area (Å²) >= 11 is 5.86. The van der Waals surface area contributed by atoms with Crippen molar-refractivity contribution >= 4 is 21.4 Å². The number of nitrogens with two attached hydrogens (primary N) is 1. The van der Waals surface area contributed by atoms with Gasteiger partial charge in [0.15, 0.2) is 9.84 Å². The second-order valence-corrected chi connectivity index (χ2v) is 7.16. The van der Waals surface area contributed by atoms with Crippen LogP contribution in [0.4, 0.5) is 0 Å². The molecule has 1 fully saturated rings. The van der Waals surface area contributed by atoms with Crippen molar-refractivity contribution < 1.29 is 13.5 Å². The number of aliphatic hydroxyl groups is 1. The number of aliphatic hydroxyl groups excluding tert-OH is 1. The van der Waals surface area contributed by atoms with E-state index in [0.717, 1.165) is 11.8 Å². The molecule has 0 unspecified atom stereocenters. The molecule has 1 aromatic rings. The van der Waals surface area contributed by atoms with Gasteiger partial charge in [0.2, 0.25) is 0 Å². The van der Waals surface area contributed by atoms with Crippen LogP contribution in [0.3, 0.4) is 0 Å². The lowest BCUT2D eigenvalue weighted by molar-refractivity contribution is 0.253. The lowest BCUT2D eigenvalue weighted by atomic mass is 10.1. The maximum absolute atomic E-state index is 11.6. The van der Waals surface area contributed by atoms with E-state index in [2.05, 4.69) is 0 Å². The molecule has 3 atom stereocenters. The average Bonchev–Trinajstić information content (AvgIpc) is 2.86. The van der Waals surface area contributed by atoms with Crippen LogP contribution in [0.1, 0.15) is 11.5 Å². The number of hydrogen-bond acceptors (Lipinski definition) is 4. The molecule has 1 saturated carbocycles. The molecule has 0 saturated heterocycles. The topological polar surface area (TPSA) is 80.4 Å². The second kappa shape index (κ2) is 3.95. The predicted octanol–water partition coefficient (Wildman–Crippen LogP) is 0.540. The average molecular weight is 276 g/mol. The van der Waals surface area contributed by atoms with Crippen molar-refractivity contribution in [2.45, 2.75) is 16.7 Å². The Bertz CT molecular complexity index is 545. The fourth-order valence-corrected chi connectivity index (χ4v) is 4.49. The zero-order chi connectivity index (χ0) is 12.8. The summed E-state index contributed by atoms with van der Waals surface area (Å²) in [6.45, 7) is -0.359. The van der Waals surface area contributed by atoms with Crippen LogP contribution in [0.5, 0.6) is 0 Å². The van der Waals surface area contributed by atoms with Gasteiger partial charge in [0.25, 0.3) is 0 Å². The molecule has 0 spiro atoms. The molecule has 6 heteroatoms. The van der Waals surface area contributed by atoms with Gasteiger partial charge in [-0.05, 0) is 17.7 Å². The molecule has 0 amide bonds. The first-order valence-electron chi connectivity index (χ1n) is 5.15. The summed E-state index contributed by atoms with van der Waals surface area (Å²) in [7, 11) is -3.29. The molecular formula is C11H14ClNO3S. The standard InChI is InChI=1S/C11H14ClNO3S/c1-17(15,16)10-9(11(10,13)6-14)7-3-2-4-8(12)5-7/h2-5,9-10,14H,6,13H2,1H3/t9-,10-,11-/m0/s1. The molecule has 3 N–H and O–H groups in total. The van der Waals surface area contributed by atoms with Crippen molar-refractivity contribution in [3.63, 3.8) is 0 Å². The van der Waals surface area contributed by atoms with E-state index in [4.69, 9.17) is 17.3 Å². The maximum atomic E-state index is 11.6. The Kier molecular flexibility index (Phi) is 2.98. The van der Waals surface area contributed by atoms with Gasteiger partial charge in [0, 0.05) is 17.2 Å². The predicted molar refractivity (Wildman–Crippen MR) is 66.8 cm³/mol. The molecule has 1 aliphatic carbocycles. The fourth-order valence-electron chi connectivity index (χ4n) is 2.44. The molecule has 0 radical (unpaired) electrons. The highest BCUT2D eigenvalue weighted by molar-refractivity contribution is 7.91. The Labute approximate surface area is 105 Å². The molecule has 4 nitrogen and oxygen atoms in total. The van der Waals surface area contributed by atoms with Crippen molar-refractivity contribution in [2.75, 3.05) is 12.9 Å². The minimum atomic E-state index is -3.29. The first kappa shape index (κ1) is 12.8. The Morgan fingerprint density at radius 1 is 1.53 bits per heavy atom. The SMILES string of the molecule is CS(=O)(=O)[C@H]1[C@H](c2cccc(Cl)c2)[C@@]1(N)CO. The summed E-state index contributed by atoms with van der Waals surface area (Å²) in [4.78, 5) is 0. The Hall–Kier alpha value is -0.620. The normalized spacial score (nSPS) is 32.5. The van der Waals surface area contributed by atoms with Crippen molar-refractivity contribution in [2.24, 2.45) is 5.73 Å². The van der Waals surface area contributed by atoms with Crippen molar-refractivity contribution in [1.82, 2.24) is 0 Å². The van der Waals surface area contributed by atoms with E-state index in [1.54, 1.807) is 24.3 Å². The lowest BCUT2D eigenvalue weighted by Crippen LogP contribution is -2.34. The third-order valence-corrected chi connectivity index (χ3v) is 5.11. The van der Waals surface area contributed by atoms with Crippen molar-refractivity contribution in [1.29, 1.82) is 0 Å². The highest BCUT2D eigenvalue weighted by Crippen LogP contribution is 2.53. The van der Waals surface area contributed by atoms with Crippen molar-refractivity contribution in [3.05, 3.63) is 34.9 Å². The Balaban J connectivity index is 2.41. The highest BCUT2D eigenvalue weighted by atomic mass is 35.5. The molecular weight excluding hydrogens is 262 g/mol. The first-order valence-corrected chi connectivity index (χ1v) is 7.48. The maximum Gasteiger partial charge on any atom is 0.152 e. The number of hydrogen-bond donors (Lipinski definition) is 2. The van der Waals surface area contributed by atoms with Gasteiger partial charge < -0.3 is 10.8 Å². The van der Waals surface area contributed by atoms with Gasteiger partial charge in [0.05, 0.1) is 17.4 Å². The van der Waals surface area contributed by atoms with Crippen LogP contribution in [0.25, 0.3) is 0 Å². The molecule has 1 aromatic carbocycles. The third kappa shape index (κ3) is 2.08. The summed E-state index contributed by atoms with van der Waals surface area (Å²) in [5.41, 5.74) is 5.60. The van der Waals surface area contributed by atoms with E-state index in [1.807, 2.05) is 0 Å². The largest absolute Gasteiger partial charge is 0.394 e. The van der Waals surface area contributed by atoms with Crippen LogP contribution in [-0.2, 0) is 9.84 Å². The van der Waals surface area contributed by atoms with Crippen LogP contribution < -0.4 is 5.73 Å². The second-order valence-electron chi connectivity index (χ2n) is 4.55. The van der Waals surface area contributed by atoms with Crippen LogP contribution in [-0.4, -0.2) is 37.2 Å². The summed E-state index contributed by atoms with van der Waals surface area (Å²) in [6.07, 6.45) is 1.14. The van der Waals surface area contributed by atoms with Crippen molar-refractivity contribution in [3.8, 4) is 0 Å². The molecule has 0 aromatic heterocycles. The molecule has 1 aliphatic rings. The molecule has 94 valence electrons. The summed E-state index contributed by atoms with van der Waals surface area (Å²) in [5.74, 6) is -0.388. The molecule has 17 heavy (non-hydrogen) atoms. The third-order valence-electron chi connectivity index (χ3n) is 3.25. The van der Waals surface area contributed by atoms with Crippen LogP contribution >= 0.6 is 11.6 Å². The van der Waals surface area contributed by atoms with E-state index in [1.165, 1.54) is 0 Å². The minimum Gasteiger partial charge on any atom is -0.394 e. The van der Waals surface area contributed by atoms with E-state index < -0.39 is 20.6 Å². The van der Waals surface area contributed by atoms with E-state index in [0.29, 0.717) is 5.02 Å². The lowest BCUT2D eigenvalue weighted by Gasteiger charge is -2.06. The van der Waals surface area contributed by atoms with Gasteiger partial charge in [-0.15, -0.1) is 0 Å². The molecule has 0 bridgehead atoms. The van der Waals surface area contributed by atoms with Gasteiger partial charge >= 0.3 is 0 Å². The highest BCUT2D eigenvalue weighted by Gasteiger charge is 2.67. The minimum absolute atomic E-state index is 0.359. The summed E-state index contributed by atoms with van der Waals surface area (Å²) in [6, 6.07) is 6.92. The number of benzene rings is 1. The number of halogens is 1. The van der Waals surface area contributed by atoms with Gasteiger partial charge in [-0.2, -0.15) is 0 Å². The zero-order valence-corrected chi connectivity index (χ0v) is 10.9. The van der Waals surface area contributed by atoms with Gasteiger partial charge in [-0.1, -0.05) is 23.7 Å². The Morgan fingerprint density at radius 3 is 2.59 bits per heavy atom. The molecule has 0 heterocycles. The summed E-state index contributed by atoms with van der Waals surface area (Å²) < 4.78 is 23.2. The van der Waals surface area contributed by atoms with E-state index in [9.17, 15) is 13.5 Å². The molecule has 0 aliphatic heterocycles. The Morgan fingerprint density at radius 2 is 2.18 bits per heavy atom. The smallest absolute Gasteiger partial charge is 0.152 e. The van der Waals surface area contributed by atoms with Crippen LogP contribution in [0.15, 0.2) is 24.3 Å². The van der Waals surface area contributed by atoms with Gasteiger partial charge in [-0.3, -0.25) is 0 Å². The van der Waals surface area contributed by atoms with Crippen LogP contribution in [0, 0.1) is 0 Å². The fraction of sp³-hybridized carbons (Fsp3) is 0.455. The first-order chi connectivity index (χ1) is 7.80. The van der Waals surface area contributed by atoms with E-state index in [-0.39, 0.29) is 12.5 Å². The number of sulfone groups is 1. The quantitative estimate of drug-likeness (QED) is 0.844. The van der Waals surface area contributed by atoms with E-state index >= 15 is 0 Å². The van der Waals surface area contributed by atoms with Gasteiger partial charge in [0.1, 0.15) is 0 Å². The van der Waals surface area contributed by atoms with Gasteiger partial charge in [-0.25, -0.2) is 8.42 Å². The van der Waals surface area contributed by atoms with Crippen LogP contribution in [0.2, 0.25) is 5.02 Å². The summed E-state index contributed by atoms with van der Waals surface area (Å²) in [5, 5.41) is 9.07. The monoisotopic (exact) mass is 275 g/mol. The zero-order valence-electron chi connectivity index (χ0n) is 9.30. The number of rotatable bonds is 3.